The summed E-state index contributed by atoms with van der Waals surface area (Å²) in [6.07, 6.45) is 5.77. The maximum Gasteiger partial charge on any atom is 0.339 e. The van der Waals surface area contributed by atoms with Crippen molar-refractivity contribution >= 4 is 34.0 Å². The molecule has 0 aliphatic heterocycles. The van der Waals surface area contributed by atoms with E-state index < -0.39 is 17.9 Å². The second-order valence-corrected chi connectivity index (χ2v) is 8.08. The first-order valence-electron chi connectivity index (χ1n) is 10.6. The van der Waals surface area contributed by atoms with Crippen LogP contribution < -0.4 is 5.43 Å². The third-order valence-electron chi connectivity index (χ3n) is 6.10. The van der Waals surface area contributed by atoms with Crippen LogP contribution in [-0.2, 0) is 28.8 Å². The number of rotatable bonds is 5. The quantitative estimate of drug-likeness (QED) is 0.485. The van der Waals surface area contributed by atoms with Crippen LogP contribution in [0.3, 0.4) is 0 Å². The monoisotopic (exact) mass is 423 g/mol. The molecule has 2 aromatic heterocycles. The Morgan fingerprint density at radius 3 is 2.65 bits per heavy atom. The van der Waals surface area contributed by atoms with Crippen molar-refractivity contribution in [2.45, 2.75) is 58.3 Å². The van der Waals surface area contributed by atoms with Crippen molar-refractivity contribution in [3.63, 3.8) is 0 Å². The Morgan fingerprint density at radius 2 is 1.97 bits per heavy atom. The number of aromatic nitrogens is 1. The molecule has 7 heteroatoms. The lowest BCUT2D eigenvalue weighted by Gasteiger charge is -2.21. The third kappa shape index (κ3) is 3.48. The number of carbonyl (C=O) groups is 2. The number of benzene rings is 1. The number of carboxylic acid groups (broad SMARTS) is 1. The van der Waals surface area contributed by atoms with Gasteiger partial charge in [-0.05, 0) is 67.9 Å². The van der Waals surface area contributed by atoms with E-state index in [2.05, 4.69) is 11.9 Å². The summed E-state index contributed by atoms with van der Waals surface area (Å²) in [4.78, 5) is 41.7. The molecule has 2 heterocycles. The van der Waals surface area contributed by atoms with Gasteiger partial charge in [-0.1, -0.05) is 13.3 Å². The molecule has 162 valence electrons. The molecule has 1 aromatic carbocycles. The van der Waals surface area contributed by atoms with Crippen LogP contribution in [0, 0.1) is 0 Å². The highest BCUT2D eigenvalue weighted by molar-refractivity contribution is 5.98. The van der Waals surface area contributed by atoms with Crippen molar-refractivity contribution in [2.24, 2.45) is 0 Å². The molecule has 0 fully saturated rings. The number of methoxy groups -OCH3 is 1. The van der Waals surface area contributed by atoms with Gasteiger partial charge >= 0.3 is 11.9 Å². The molecule has 1 N–H and O–H groups in total. The van der Waals surface area contributed by atoms with Gasteiger partial charge in [-0.2, -0.15) is 0 Å². The summed E-state index contributed by atoms with van der Waals surface area (Å²) in [5, 5.41) is 10.1. The van der Waals surface area contributed by atoms with Gasteiger partial charge < -0.3 is 14.3 Å². The molecular weight excluding hydrogens is 398 g/mol. The van der Waals surface area contributed by atoms with Crippen LogP contribution in [0.5, 0.6) is 0 Å². The van der Waals surface area contributed by atoms with Gasteiger partial charge in [-0.3, -0.25) is 9.59 Å². The van der Waals surface area contributed by atoms with Gasteiger partial charge in [0, 0.05) is 0 Å². The Labute approximate surface area is 179 Å². The van der Waals surface area contributed by atoms with Crippen molar-refractivity contribution in [1.82, 2.24) is 4.98 Å². The lowest BCUT2D eigenvalue weighted by Crippen LogP contribution is -2.18. The minimum absolute atomic E-state index is 0.0179. The minimum Gasteiger partial charge on any atom is -0.481 e. The number of ether oxygens (including phenoxy) is 1. The predicted molar refractivity (Wildman–Crippen MR) is 116 cm³/mol. The van der Waals surface area contributed by atoms with Gasteiger partial charge in [-0.25, -0.2) is 9.78 Å². The fraction of sp³-hybridized carbons (Fsp3) is 0.417. The van der Waals surface area contributed by atoms with Gasteiger partial charge in [0.2, 0.25) is 11.1 Å². The summed E-state index contributed by atoms with van der Waals surface area (Å²) in [6, 6.07) is 3.27. The van der Waals surface area contributed by atoms with Crippen LogP contribution in [0.1, 0.15) is 71.8 Å². The van der Waals surface area contributed by atoms with E-state index in [1.165, 1.54) is 31.2 Å². The number of aryl methyl sites for hydroxylation is 2. The van der Waals surface area contributed by atoms with E-state index in [0.717, 1.165) is 44.1 Å². The van der Waals surface area contributed by atoms with Crippen molar-refractivity contribution in [1.29, 1.82) is 0 Å². The van der Waals surface area contributed by atoms with Crippen LogP contribution in [0.4, 0.5) is 0 Å². The van der Waals surface area contributed by atoms with E-state index in [0.29, 0.717) is 11.0 Å². The molecular formula is C24H25NO6. The average molecular weight is 423 g/mol. The lowest BCUT2D eigenvalue weighted by atomic mass is 9.85. The number of fused-ring (bicyclic) bond motifs is 3. The van der Waals surface area contributed by atoms with E-state index in [9.17, 15) is 19.5 Å². The number of pyridine rings is 1. The lowest BCUT2D eigenvalue weighted by molar-refractivity contribution is -0.138. The van der Waals surface area contributed by atoms with Gasteiger partial charge in [0.05, 0.1) is 35.1 Å². The van der Waals surface area contributed by atoms with E-state index >= 15 is 0 Å². The Kier molecular flexibility index (Phi) is 5.52. The second-order valence-electron chi connectivity index (χ2n) is 8.08. The molecule has 0 radical (unpaired) electrons. The number of carboxylic acids is 1. The van der Waals surface area contributed by atoms with E-state index in [4.69, 9.17) is 9.15 Å². The normalized spacial score (nSPS) is 14.4. The SMILES string of the molecule is CCCc1c2c(cc3c(=O)c4cc(C(=O)OC)c(C(C)C(=O)O)nc4oc13)CCCC2. The number of aliphatic carboxylic acids is 1. The zero-order chi connectivity index (χ0) is 22.3. The maximum absolute atomic E-state index is 13.4. The molecule has 0 bridgehead atoms. The molecule has 31 heavy (non-hydrogen) atoms. The minimum atomic E-state index is -1.14. The maximum atomic E-state index is 13.4. The molecule has 1 aliphatic rings. The number of nitrogens with zero attached hydrogens (tertiary/aromatic N) is 1. The van der Waals surface area contributed by atoms with Crippen molar-refractivity contribution < 1.29 is 23.8 Å². The molecule has 3 aromatic rings. The highest BCUT2D eigenvalue weighted by Crippen LogP contribution is 2.33. The molecule has 1 atom stereocenters. The number of esters is 1. The van der Waals surface area contributed by atoms with Crippen LogP contribution in [-0.4, -0.2) is 29.1 Å². The van der Waals surface area contributed by atoms with Crippen LogP contribution >= 0.6 is 0 Å². The van der Waals surface area contributed by atoms with Gasteiger partial charge in [-0.15, -0.1) is 0 Å². The average Bonchev–Trinajstić information content (AvgIpc) is 2.78. The van der Waals surface area contributed by atoms with Crippen molar-refractivity contribution in [3.05, 3.63) is 50.3 Å². The summed E-state index contributed by atoms with van der Waals surface area (Å²) in [5.41, 5.74) is 3.76. The smallest absolute Gasteiger partial charge is 0.339 e. The van der Waals surface area contributed by atoms with Gasteiger partial charge in [0.25, 0.3) is 0 Å². The van der Waals surface area contributed by atoms with Crippen LogP contribution in [0.15, 0.2) is 21.3 Å². The number of hydrogen-bond acceptors (Lipinski definition) is 6. The predicted octanol–water partition coefficient (Wildman–Crippen LogP) is 4.15. The largest absolute Gasteiger partial charge is 0.481 e. The van der Waals surface area contributed by atoms with E-state index in [1.807, 2.05) is 6.07 Å². The summed E-state index contributed by atoms with van der Waals surface area (Å²) in [5.74, 6) is -2.95. The van der Waals surface area contributed by atoms with Crippen LogP contribution in [0.25, 0.3) is 22.1 Å². The van der Waals surface area contributed by atoms with Gasteiger partial charge in [0.15, 0.2) is 0 Å². The highest BCUT2D eigenvalue weighted by Gasteiger charge is 2.27. The Morgan fingerprint density at radius 1 is 1.23 bits per heavy atom. The number of hydrogen-bond donors (Lipinski definition) is 1. The zero-order valence-corrected chi connectivity index (χ0v) is 17.9. The molecule has 1 unspecified atom stereocenters. The Bertz CT molecular complexity index is 1270. The van der Waals surface area contributed by atoms with Gasteiger partial charge in [0.1, 0.15) is 5.58 Å². The fourth-order valence-corrected chi connectivity index (χ4v) is 4.48. The Balaban J connectivity index is 2.10. The molecule has 0 amide bonds. The molecule has 1 aliphatic carbocycles. The van der Waals surface area contributed by atoms with Crippen LogP contribution in [0.2, 0.25) is 0 Å². The summed E-state index contributed by atoms with van der Waals surface area (Å²) in [7, 11) is 1.20. The second kappa shape index (κ2) is 8.13. The summed E-state index contributed by atoms with van der Waals surface area (Å²) < 4.78 is 11.0. The number of carbonyl (C=O) groups excluding carboxylic acids is 1. The van der Waals surface area contributed by atoms with E-state index in [-0.39, 0.29) is 27.8 Å². The molecule has 0 spiro atoms. The van der Waals surface area contributed by atoms with Crippen molar-refractivity contribution in [2.75, 3.05) is 7.11 Å². The molecule has 7 nitrogen and oxygen atoms in total. The topological polar surface area (TPSA) is 107 Å². The summed E-state index contributed by atoms with van der Waals surface area (Å²) in [6.45, 7) is 3.52. The first kappa shape index (κ1) is 21.0. The highest BCUT2D eigenvalue weighted by atomic mass is 16.5. The van der Waals surface area contributed by atoms with E-state index in [1.54, 1.807) is 0 Å². The molecule has 4 rings (SSSR count). The summed E-state index contributed by atoms with van der Waals surface area (Å²) >= 11 is 0. The third-order valence-corrected chi connectivity index (χ3v) is 6.10. The van der Waals surface area contributed by atoms with Crippen molar-refractivity contribution in [3.8, 4) is 0 Å². The Hall–Kier alpha value is -3.22. The molecule has 0 saturated carbocycles. The fourth-order valence-electron chi connectivity index (χ4n) is 4.48. The first-order valence-corrected chi connectivity index (χ1v) is 10.6. The first-order chi connectivity index (χ1) is 14.9. The molecule has 0 saturated heterocycles. The standard InChI is InChI=1S/C24H25NO6/c1-4-7-15-14-9-6-5-8-13(14)10-17-20(26)18-11-16(24(29)30-3)19(12(2)23(27)28)25-22(18)31-21(15)17/h10-12H,4-9H2,1-3H3,(H,27,28). The zero-order valence-electron chi connectivity index (χ0n) is 17.9.